The monoisotopic (exact) mass is 500 g/mol. The van der Waals surface area contributed by atoms with Crippen molar-refractivity contribution in [1.82, 2.24) is 14.9 Å². The molecule has 0 spiro atoms. The van der Waals surface area contributed by atoms with Gasteiger partial charge in [-0.3, -0.25) is 14.2 Å². The van der Waals surface area contributed by atoms with Crippen molar-refractivity contribution in [1.29, 1.82) is 0 Å². The fraction of sp³-hybridized carbons (Fsp3) is 0.276. The highest BCUT2D eigenvalue weighted by molar-refractivity contribution is 6.30. The molecule has 1 N–H and O–H groups in total. The average Bonchev–Trinajstić information content (AvgIpc) is 2.90. The Labute approximate surface area is 215 Å². The summed E-state index contributed by atoms with van der Waals surface area (Å²) in [7, 11) is 0. The number of benzene rings is 3. The second-order valence-corrected chi connectivity index (χ2v) is 9.87. The minimum Gasteiger partial charge on any atom is -0.352 e. The van der Waals surface area contributed by atoms with Gasteiger partial charge in [0.1, 0.15) is 0 Å². The summed E-state index contributed by atoms with van der Waals surface area (Å²) < 4.78 is 1.80. The van der Waals surface area contributed by atoms with Gasteiger partial charge in [-0.1, -0.05) is 65.7 Å². The molecule has 1 aliphatic rings. The zero-order chi connectivity index (χ0) is 25.1. The van der Waals surface area contributed by atoms with Crippen molar-refractivity contribution in [3.05, 3.63) is 105 Å². The Morgan fingerprint density at radius 2 is 1.86 bits per heavy atom. The lowest BCUT2D eigenvalue weighted by atomic mass is 9.97. The van der Waals surface area contributed by atoms with Gasteiger partial charge < -0.3 is 10.2 Å². The molecule has 1 aliphatic heterocycles. The van der Waals surface area contributed by atoms with E-state index >= 15 is 0 Å². The second-order valence-electron chi connectivity index (χ2n) is 9.43. The van der Waals surface area contributed by atoms with Crippen LogP contribution in [-0.4, -0.2) is 28.5 Å². The summed E-state index contributed by atoms with van der Waals surface area (Å²) in [4.78, 5) is 33.4. The molecule has 36 heavy (non-hydrogen) atoms. The van der Waals surface area contributed by atoms with E-state index < -0.39 is 0 Å². The standard InChI is InChI=1S/C29H29ClN4O2/c1-20-11-13-21(14-12-20)18-34-26-10-3-2-9-25(26)32-27(29(34)36)33-15-5-7-23(19-33)28(35)31-17-22-6-4-8-24(30)16-22/h2-4,6,8-14,16,23H,5,7,15,17-19H2,1H3,(H,31,35)/t23-/m0/s1. The van der Waals surface area contributed by atoms with Crippen molar-refractivity contribution in [3.8, 4) is 0 Å². The molecule has 3 aromatic carbocycles. The molecule has 0 aliphatic carbocycles. The van der Waals surface area contributed by atoms with E-state index in [1.807, 2.05) is 60.4 Å². The highest BCUT2D eigenvalue weighted by Crippen LogP contribution is 2.23. The van der Waals surface area contributed by atoms with Gasteiger partial charge in [0.25, 0.3) is 5.56 Å². The SMILES string of the molecule is Cc1ccc(Cn2c(=O)c(N3CCC[C@H](C(=O)NCc4cccc(Cl)c4)C3)nc3ccccc32)cc1. The van der Waals surface area contributed by atoms with E-state index in [1.54, 1.807) is 4.57 Å². The third-order valence-corrected chi connectivity index (χ3v) is 6.98. The molecule has 0 bridgehead atoms. The van der Waals surface area contributed by atoms with Crippen LogP contribution in [0, 0.1) is 12.8 Å². The number of hydrogen-bond donors (Lipinski definition) is 1. The van der Waals surface area contributed by atoms with Crippen LogP contribution in [0.4, 0.5) is 5.82 Å². The maximum absolute atomic E-state index is 13.7. The molecule has 2 heterocycles. The van der Waals surface area contributed by atoms with Gasteiger partial charge in [-0.05, 0) is 55.2 Å². The molecular weight excluding hydrogens is 472 g/mol. The van der Waals surface area contributed by atoms with Gasteiger partial charge in [-0.25, -0.2) is 4.98 Å². The number of aryl methyl sites for hydroxylation is 1. The van der Waals surface area contributed by atoms with Crippen molar-refractivity contribution in [2.75, 3.05) is 18.0 Å². The molecule has 1 fully saturated rings. The number of anilines is 1. The van der Waals surface area contributed by atoms with Crippen LogP contribution in [0.15, 0.2) is 77.6 Å². The third-order valence-electron chi connectivity index (χ3n) is 6.74. The number of nitrogens with one attached hydrogen (secondary N) is 1. The number of aromatic nitrogens is 2. The lowest BCUT2D eigenvalue weighted by molar-refractivity contribution is -0.125. The van der Waals surface area contributed by atoms with Gasteiger partial charge in [0.2, 0.25) is 5.91 Å². The van der Waals surface area contributed by atoms with E-state index in [1.165, 1.54) is 5.56 Å². The lowest BCUT2D eigenvalue weighted by Crippen LogP contribution is -2.45. The summed E-state index contributed by atoms with van der Waals surface area (Å²) >= 11 is 6.06. The van der Waals surface area contributed by atoms with Crippen LogP contribution in [0.5, 0.6) is 0 Å². The highest BCUT2D eigenvalue weighted by Gasteiger charge is 2.28. The average molecular weight is 501 g/mol. The Kier molecular flexibility index (Phi) is 7.05. The van der Waals surface area contributed by atoms with Crippen LogP contribution in [0.25, 0.3) is 11.0 Å². The fourth-order valence-corrected chi connectivity index (χ4v) is 4.99. The topological polar surface area (TPSA) is 67.2 Å². The van der Waals surface area contributed by atoms with E-state index in [-0.39, 0.29) is 17.4 Å². The smallest absolute Gasteiger partial charge is 0.294 e. The maximum Gasteiger partial charge on any atom is 0.294 e. The zero-order valence-corrected chi connectivity index (χ0v) is 21.0. The van der Waals surface area contributed by atoms with Crippen LogP contribution in [0.3, 0.4) is 0 Å². The maximum atomic E-state index is 13.7. The first-order chi connectivity index (χ1) is 17.5. The number of piperidine rings is 1. The molecule has 0 saturated carbocycles. The minimum absolute atomic E-state index is 0.0135. The van der Waals surface area contributed by atoms with E-state index in [0.717, 1.165) is 35.0 Å². The van der Waals surface area contributed by atoms with Gasteiger partial charge in [-0.2, -0.15) is 0 Å². The number of carbonyl (C=O) groups excluding carboxylic acids is 1. The Balaban J connectivity index is 1.39. The molecule has 184 valence electrons. The first kappa shape index (κ1) is 24.1. The summed E-state index contributed by atoms with van der Waals surface area (Å²) in [5, 5.41) is 3.68. The molecule has 1 atom stereocenters. The number of fused-ring (bicyclic) bond motifs is 1. The van der Waals surface area contributed by atoms with Gasteiger partial charge >= 0.3 is 0 Å². The fourth-order valence-electron chi connectivity index (χ4n) is 4.78. The predicted octanol–water partition coefficient (Wildman–Crippen LogP) is 4.94. The van der Waals surface area contributed by atoms with Crippen molar-refractivity contribution in [3.63, 3.8) is 0 Å². The molecule has 1 saturated heterocycles. The van der Waals surface area contributed by atoms with Crippen LogP contribution >= 0.6 is 11.6 Å². The number of nitrogens with zero attached hydrogens (tertiary/aromatic N) is 3. The van der Waals surface area contributed by atoms with Crippen LogP contribution in [0.1, 0.15) is 29.5 Å². The Morgan fingerprint density at radius 3 is 2.67 bits per heavy atom. The van der Waals surface area contributed by atoms with Crippen molar-refractivity contribution < 1.29 is 4.79 Å². The first-order valence-corrected chi connectivity index (χ1v) is 12.7. The summed E-state index contributed by atoms with van der Waals surface area (Å²) in [6.07, 6.45) is 1.60. The summed E-state index contributed by atoms with van der Waals surface area (Å²) in [5.74, 6) is 0.185. The second kappa shape index (κ2) is 10.5. The molecule has 0 radical (unpaired) electrons. The molecule has 0 unspecified atom stereocenters. The molecule has 4 aromatic rings. The third kappa shape index (κ3) is 5.29. The molecule has 7 heteroatoms. The quantitative estimate of drug-likeness (QED) is 0.407. The van der Waals surface area contributed by atoms with Crippen molar-refractivity contribution >= 4 is 34.4 Å². The molecule has 1 aromatic heterocycles. The van der Waals surface area contributed by atoms with Gasteiger partial charge in [0.05, 0.1) is 23.5 Å². The first-order valence-electron chi connectivity index (χ1n) is 12.3. The lowest BCUT2D eigenvalue weighted by Gasteiger charge is -2.32. The van der Waals surface area contributed by atoms with E-state index in [9.17, 15) is 9.59 Å². The summed E-state index contributed by atoms with van der Waals surface area (Å²) in [5.41, 5.74) is 4.64. The summed E-state index contributed by atoms with van der Waals surface area (Å²) in [6, 6.07) is 23.4. The normalized spacial score (nSPS) is 15.7. The van der Waals surface area contributed by atoms with Crippen molar-refractivity contribution in [2.45, 2.75) is 32.9 Å². The van der Waals surface area contributed by atoms with E-state index in [2.05, 4.69) is 29.6 Å². The molecule has 1 amide bonds. The Morgan fingerprint density at radius 1 is 1.06 bits per heavy atom. The Bertz CT molecular complexity index is 1450. The highest BCUT2D eigenvalue weighted by atomic mass is 35.5. The number of amides is 1. The number of hydrogen-bond acceptors (Lipinski definition) is 4. The van der Waals surface area contributed by atoms with Crippen LogP contribution < -0.4 is 15.8 Å². The minimum atomic E-state index is -0.212. The van der Waals surface area contributed by atoms with E-state index in [0.29, 0.717) is 37.0 Å². The van der Waals surface area contributed by atoms with Gasteiger partial charge in [0, 0.05) is 24.7 Å². The van der Waals surface area contributed by atoms with Crippen LogP contribution in [0.2, 0.25) is 5.02 Å². The predicted molar refractivity (Wildman–Crippen MR) is 145 cm³/mol. The van der Waals surface area contributed by atoms with Crippen molar-refractivity contribution in [2.24, 2.45) is 5.92 Å². The number of para-hydroxylation sites is 2. The van der Waals surface area contributed by atoms with E-state index in [4.69, 9.17) is 16.6 Å². The summed E-state index contributed by atoms with van der Waals surface area (Å²) in [6.45, 7) is 4.10. The molecule has 5 rings (SSSR count). The largest absolute Gasteiger partial charge is 0.352 e. The van der Waals surface area contributed by atoms with Gasteiger partial charge in [-0.15, -0.1) is 0 Å². The molecule has 6 nitrogen and oxygen atoms in total. The Hall–Kier alpha value is -3.64. The number of carbonyl (C=O) groups is 1. The van der Waals surface area contributed by atoms with Crippen LogP contribution in [-0.2, 0) is 17.9 Å². The number of rotatable bonds is 6. The zero-order valence-electron chi connectivity index (χ0n) is 20.3. The number of halogens is 1. The van der Waals surface area contributed by atoms with Gasteiger partial charge in [0.15, 0.2) is 5.82 Å². The molecular formula is C29H29ClN4O2.